The van der Waals surface area contributed by atoms with Crippen LogP contribution in [-0.2, 0) is 5.41 Å². The van der Waals surface area contributed by atoms with Crippen LogP contribution in [0.5, 0.6) is 5.75 Å². The molecule has 4 heteroatoms. The van der Waals surface area contributed by atoms with E-state index in [9.17, 15) is 0 Å². The highest BCUT2D eigenvalue weighted by atomic mass is 32.1. The van der Waals surface area contributed by atoms with Crippen LogP contribution in [0, 0.1) is 6.92 Å². The molecule has 0 atom stereocenters. The second-order valence-corrected chi connectivity index (χ2v) is 6.58. The molecule has 3 nitrogen and oxygen atoms in total. The Morgan fingerprint density at radius 1 is 1.39 bits per heavy atom. The average molecular weight is 260 g/mol. The number of hydrogen-bond donors (Lipinski definition) is 1. The normalized spacial score (nSPS) is 16.4. The number of nitrogens with two attached hydrogens (primary N) is 1. The minimum Gasteiger partial charge on any atom is -0.492 e. The molecule has 0 aliphatic carbocycles. The van der Waals surface area contributed by atoms with Gasteiger partial charge < -0.3 is 10.5 Å². The molecule has 1 aromatic carbocycles. The predicted octanol–water partition coefficient (Wildman–Crippen LogP) is 3.37. The van der Waals surface area contributed by atoms with E-state index in [4.69, 9.17) is 10.5 Å². The van der Waals surface area contributed by atoms with Crippen LogP contribution in [0.2, 0.25) is 0 Å². The van der Waals surface area contributed by atoms with Crippen molar-refractivity contribution >= 4 is 16.5 Å². The first kappa shape index (κ1) is 11.5. The summed E-state index contributed by atoms with van der Waals surface area (Å²) in [4.78, 5) is 5.57. The Hall–Kier alpha value is -1.55. The van der Waals surface area contributed by atoms with Gasteiger partial charge in [0.05, 0.1) is 12.3 Å². The van der Waals surface area contributed by atoms with E-state index in [-0.39, 0.29) is 5.41 Å². The van der Waals surface area contributed by atoms with Crippen LogP contribution in [0.1, 0.15) is 24.3 Å². The molecule has 18 heavy (non-hydrogen) atoms. The Labute approximate surface area is 111 Å². The smallest absolute Gasteiger partial charge is 0.180 e. The number of benzene rings is 1. The van der Waals surface area contributed by atoms with E-state index < -0.39 is 0 Å². The molecule has 0 bridgehead atoms. The van der Waals surface area contributed by atoms with Gasteiger partial charge in [-0.15, -0.1) is 11.3 Å². The van der Waals surface area contributed by atoms with Gasteiger partial charge in [-0.3, -0.25) is 0 Å². The molecular formula is C14H16N2OS. The lowest BCUT2D eigenvalue weighted by atomic mass is 9.86. The molecule has 0 amide bonds. The molecule has 2 aromatic rings. The first-order valence-electron chi connectivity index (χ1n) is 5.98. The fraction of sp³-hybridized carbons (Fsp3) is 0.357. The Morgan fingerprint density at radius 3 is 2.83 bits per heavy atom. The Kier molecular flexibility index (Phi) is 2.38. The molecule has 0 saturated carbocycles. The maximum absolute atomic E-state index is 5.77. The lowest BCUT2D eigenvalue weighted by Crippen LogP contribution is -2.18. The van der Waals surface area contributed by atoms with Gasteiger partial charge in [0.1, 0.15) is 5.75 Å². The minimum atomic E-state index is 0.0703. The minimum absolute atomic E-state index is 0.0703. The van der Waals surface area contributed by atoms with E-state index in [0.717, 1.165) is 28.5 Å². The summed E-state index contributed by atoms with van der Waals surface area (Å²) in [6, 6.07) is 6.28. The number of ether oxygens (including phenoxy) is 1. The number of aryl methyl sites for hydroxylation is 1. The summed E-state index contributed by atoms with van der Waals surface area (Å²) in [6.07, 6.45) is 0. The predicted molar refractivity (Wildman–Crippen MR) is 75.2 cm³/mol. The van der Waals surface area contributed by atoms with Gasteiger partial charge in [0, 0.05) is 21.4 Å². The van der Waals surface area contributed by atoms with Gasteiger partial charge >= 0.3 is 0 Å². The highest BCUT2D eigenvalue weighted by Gasteiger charge is 2.32. The molecular weight excluding hydrogens is 244 g/mol. The van der Waals surface area contributed by atoms with Crippen molar-refractivity contribution in [2.45, 2.75) is 26.2 Å². The zero-order valence-electron chi connectivity index (χ0n) is 10.8. The topological polar surface area (TPSA) is 48.1 Å². The molecule has 0 saturated heterocycles. The first-order valence-corrected chi connectivity index (χ1v) is 6.80. The highest BCUT2D eigenvalue weighted by Crippen LogP contribution is 2.41. The van der Waals surface area contributed by atoms with Crippen molar-refractivity contribution in [1.29, 1.82) is 0 Å². The van der Waals surface area contributed by atoms with Crippen LogP contribution < -0.4 is 10.5 Å². The second-order valence-electron chi connectivity index (χ2n) is 5.34. The molecule has 1 aromatic heterocycles. The number of anilines is 1. The lowest BCUT2D eigenvalue weighted by Gasteiger charge is -2.15. The van der Waals surface area contributed by atoms with E-state index in [2.05, 4.69) is 37.9 Å². The molecule has 3 rings (SSSR count). The molecule has 2 heterocycles. The van der Waals surface area contributed by atoms with Crippen molar-refractivity contribution in [3.8, 4) is 17.0 Å². The Morgan fingerprint density at radius 2 is 2.17 bits per heavy atom. The number of nitrogens with zero attached hydrogens (tertiary/aromatic N) is 1. The van der Waals surface area contributed by atoms with Gasteiger partial charge in [0.2, 0.25) is 0 Å². The van der Waals surface area contributed by atoms with Gasteiger partial charge in [-0.1, -0.05) is 13.8 Å². The zero-order chi connectivity index (χ0) is 12.9. The molecule has 1 aliphatic rings. The van der Waals surface area contributed by atoms with Crippen molar-refractivity contribution in [3.05, 3.63) is 28.6 Å². The monoisotopic (exact) mass is 260 g/mol. The first-order chi connectivity index (χ1) is 8.47. The van der Waals surface area contributed by atoms with Gasteiger partial charge in [-0.2, -0.15) is 0 Å². The Balaban J connectivity index is 2.13. The molecule has 2 N–H and O–H groups in total. The summed E-state index contributed by atoms with van der Waals surface area (Å²) < 4.78 is 5.70. The number of rotatable bonds is 1. The molecule has 1 aliphatic heterocycles. The molecule has 0 fully saturated rings. The van der Waals surface area contributed by atoms with E-state index >= 15 is 0 Å². The van der Waals surface area contributed by atoms with Crippen LogP contribution in [0.3, 0.4) is 0 Å². The van der Waals surface area contributed by atoms with E-state index in [1.807, 2.05) is 6.07 Å². The van der Waals surface area contributed by atoms with E-state index in [0.29, 0.717) is 5.13 Å². The highest BCUT2D eigenvalue weighted by molar-refractivity contribution is 7.15. The SMILES string of the molecule is Cc1sc(N)nc1-c1ccc2c(c1)C(C)(C)CO2. The fourth-order valence-corrected chi connectivity index (χ4v) is 3.06. The summed E-state index contributed by atoms with van der Waals surface area (Å²) >= 11 is 1.53. The third kappa shape index (κ3) is 1.68. The standard InChI is InChI=1S/C14H16N2OS/c1-8-12(16-13(15)18-8)9-4-5-11-10(6-9)14(2,3)7-17-11/h4-6H,7H2,1-3H3,(H2,15,16). The van der Waals surface area contributed by atoms with E-state index in [1.54, 1.807) is 0 Å². The zero-order valence-corrected chi connectivity index (χ0v) is 11.6. The van der Waals surface area contributed by atoms with Gasteiger partial charge in [0.25, 0.3) is 0 Å². The molecule has 0 unspecified atom stereocenters. The van der Waals surface area contributed by atoms with Crippen LogP contribution in [-0.4, -0.2) is 11.6 Å². The number of hydrogen-bond acceptors (Lipinski definition) is 4. The van der Waals surface area contributed by atoms with Crippen molar-refractivity contribution in [1.82, 2.24) is 4.98 Å². The summed E-state index contributed by atoms with van der Waals surface area (Å²) in [6.45, 7) is 7.19. The maximum Gasteiger partial charge on any atom is 0.180 e. The summed E-state index contributed by atoms with van der Waals surface area (Å²) in [7, 11) is 0. The second kappa shape index (κ2) is 3.72. The van der Waals surface area contributed by atoms with Crippen molar-refractivity contribution in [2.75, 3.05) is 12.3 Å². The number of thiazole rings is 1. The molecule has 0 radical (unpaired) electrons. The lowest BCUT2D eigenvalue weighted by molar-refractivity contribution is 0.291. The molecule has 0 spiro atoms. The van der Waals surface area contributed by atoms with Crippen LogP contribution in [0.15, 0.2) is 18.2 Å². The van der Waals surface area contributed by atoms with Crippen molar-refractivity contribution in [2.24, 2.45) is 0 Å². The number of fused-ring (bicyclic) bond motifs is 1. The average Bonchev–Trinajstić information content (AvgIpc) is 2.79. The summed E-state index contributed by atoms with van der Waals surface area (Å²) in [5.41, 5.74) is 9.20. The third-order valence-electron chi connectivity index (χ3n) is 3.38. The largest absolute Gasteiger partial charge is 0.492 e. The van der Waals surface area contributed by atoms with Crippen LogP contribution in [0.25, 0.3) is 11.3 Å². The maximum atomic E-state index is 5.77. The van der Waals surface area contributed by atoms with Gasteiger partial charge in [-0.25, -0.2) is 4.98 Å². The summed E-state index contributed by atoms with van der Waals surface area (Å²) in [5, 5.41) is 0.624. The van der Waals surface area contributed by atoms with Crippen molar-refractivity contribution in [3.63, 3.8) is 0 Å². The third-order valence-corrected chi connectivity index (χ3v) is 4.18. The number of nitrogen functional groups attached to an aromatic ring is 1. The van der Waals surface area contributed by atoms with Crippen molar-refractivity contribution < 1.29 is 4.74 Å². The van der Waals surface area contributed by atoms with Crippen LogP contribution >= 0.6 is 11.3 Å². The summed E-state index contributed by atoms with van der Waals surface area (Å²) in [5.74, 6) is 0.990. The molecule has 94 valence electrons. The number of aromatic nitrogens is 1. The van der Waals surface area contributed by atoms with E-state index in [1.165, 1.54) is 16.9 Å². The quantitative estimate of drug-likeness (QED) is 0.855. The van der Waals surface area contributed by atoms with Gasteiger partial charge in [-0.05, 0) is 25.1 Å². The fourth-order valence-electron chi connectivity index (χ4n) is 2.35. The van der Waals surface area contributed by atoms with Gasteiger partial charge in [0.15, 0.2) is 5.13 Å². The Bertz CT molecular complexity index is 616. The van der Waals surface area contributed by atoms with Crippen LogP contribution in [0.4, 0.5) is 5.13 Å².